The van der Waals surface area contributed by atoms with E-state index in [1.807, 2.05) is 45.9 Å². The van der Waals surface area contributed by atoms with Crippen molar-refractivity contribution in [2.75, 3.05) is 0 Å². The minimum atomic E-state index is -1.42. The van der Waals surface area contributed by atoms with Crippen molar-refractivity contribution in [2.45, 2.75) is 128 Å². The van der Waals surface area contributed by atoms with Gasteiger partial charge in [-0.05, 0) is 64.0 Å². The van der Waals surface area contributed by atoms with Crippen LogP contribution in [-0.2, 0) is 23.8 Å². The average Bonchev–Trinajstić information content (AvgIpc) is 3.62. The summed E-state index contributed by atoms with van der Waals surface area (Å²) in [5.74, 6) is -1.24. The Morgan fingerprint density at radius 1 is 1.33 bits per heavy atom. The average molecular weight is 553 g/mol. The van der Waals surface area contributed by atoms with Crippen molar-refractivity contribution < 1.29 is 44.2 Å². The van der Waals surface area contributed by atoms with Crippen LogP contribution in [0.1, 0.15) is 80.6 Å². The molecule has 0 aromatic heterocycles. The lowest BCUT2D eigenvalue weighted by atomic mass is 9.88. The van der Waals surface area contributed by atoms with Crippen LogP contribution in [0, 0.1) is 11.8 Å². The van der Waals surface area contributed by atoms with Crippen molar-refractivity contribution in [2.24, 2.45) is 11.8 Å². The van der Waals surface area contributed by atoms with Crippen LogP contribution in [0.3, 0.4) is 0 Å². The third kappa shape index (κ3) is 9.83. The molecule has 0 amide bonds. The van der Waals surface area contributed by atoms with Gasteiger partial charge in [-0.1, -0.05) is 45.1 Å². The van der Waals surface area contributed by atoms with Crippen molar-refractivity contribution in [1.82, 2.24) is 0 Å². The van der Waals surface area contributed by atoms with E-state index in [4.69, 9.17) is 14.2 Å². The van der Waals surface area contributed by atoms with Gasteiger partial charge >= 0.3 is 11.9 Å². The van der Waals surface area contributed by atoms with Crippen LogP contribution in [0.25, 0.3) is 0 Å². The summed E-state index contributed by atoms with van der Waals surface area (Å²) in [6.07, 6.45) is 6.42. The molecule has 0 aromatic carbocycles. The maximum absolute atomic E-state index is 12.6. The van der Waals surface area contributed by atoms with E-state index in [0.29, 0.717) is 12.8 Å². The molecule has 222 valence electrons. The second-order valence-corrected chi connectivity index (χ2v) is 11.7. The molecule has 0 aromatic rings. The highest BCUT2D eigenvalue weighted by Crippen LogP contribution is 2.39. The molecule has 0 spiro atoms. The zero-order valence-electron chi connectivity index (χ0n) is 24.4. The molecule has 0 bridgehead atoms. The molecule has 10 unspecified atom stereocenters. The summed E-state index contributed by atoms with van der Waals surface area (Å²) in [6, 6.07) is 0. The first-order valence-electron chi connectivity index (χ1n) is 13.9. The zero-order valence-corrected chi connectivity index (χ0v) is 24.4. The Labute approximate surface area is 232 Å². The normalized spacial score (nSPS) is 36.6. The molecule has 1 saturated heterocycles. The van der Waals surface area contributed by atoms with Crippen LogP contribution in [0.2, 0.25) is 0 Å². The molecule has 2 rings (SSSR count). The van der Waals surface area contributed by atoms with E-state index in [-0.39, 0.29) is 37.2 Å². The first-order chi connectivity index (χ1) is 18.1. The van der Waals surface area contributed by atoms with Gasteiger partial charge in [-0.3, -0.25) is 9.59 Å². The molecule has 1 fully saturated rings. The van der Waals surface area contributed by atoms with Gasteiger partial charge in [-0.15, -0.1) is 0 Å². The van der Waals surface area contributed by atoms with Gasteiger partial charge in [0.15, 0.2) is 0 Å². The van der Waals surface area contributed by atoms with E-state index >= 15 is 0 Å². The SMILES string of the molecule is CCC(O)C(C)(O)C1OC1CC(C)/C=C/C=C(\C)C1OC(=O)CC(O)CCC(C)(O)C(OC(C)=O)/C=C\C1C. The van der Waals surface area contributed by atoms with Crippen LogP contribution in [0.4, 0.5) is 0 Å². The summed E-state index contributed by atoms with van der Waals surface area (Å²) in [4.78, 5) is 24.3. The minimum Gasteiger partial charge on any atom is -0.457 e. The highest BCUT2D eigenvalue weighted by Gasteiger charge is 2.54. The van der Waals surface area contributed by atoms with Gasteiger partial charge in [-0.25, -0.2) is 0 Å². The fourth-order valence-corrected chi connectivity index (χ4v) is 5.01. The number of aliphatic hydroxyl groups is 4. The molecule has 0 aliphatic carbocycles. The highest BCUT2D eigenvalue weighted by atomic mass is 16.6. The number of ether oxygens (including phenoxy) is 3. The summed E-state index contributed by atoms with van der Waals surface area (Å²) < 4.78 is 16.8. The summed E-state index contributed by atoms with van der Waals surface area (Å²) in [7, 11) is 0. The maximum atomic E-state index is 12.6. The molecule has 39 heavy (non-hydrogen) atoms. The second-order valence-electron chi connectivity index (χ2n) is 11.7. The molecule has 2 heterocycles. The Morgan fingerprint density at radius 2 is 2.00 bits per heavy atom. The van der Waals surface area contributed by atoms with Gasteiger partial charge in [0.25, 0.3) is 0 Å². The Hall–Kier alpha value is -2.04. The predicted octanol–water partition coefficient (Wildman–Crippen LogP) is 3.14. The number of rotatable bonds is 9. The van der Waals surface area contributed by atoms with E-state index in [2.05, 4.69) is 0 Å². The van der Waals surface area contributed by atoms with Crippen LogP contribution < -0.4 is 0 Å². The lowest BCUT2D eigenvalue weighted by Crippen LogP contribution is -2.45. The third-order valence-corrected chi connectivity index (χ3v) is 7.69. The number of esters is 2. The second kappa shape index (κ2) is 14.0. The number of hydrogen-bond donors (Lipinski definition) is 4. The number of hydrogen-bond acceptors (Lipinski definition) is 9. The van der Waals surface area contributed by atoms with E-state index in [9.17, 15) is 30.0 Å². The predicted molar refractivity (Wildman–Crippen MR) is 146 cm³/mol. The topological polar surface area (TPSA) is 146 Å². The summed E-state index contributed by atoms with van der Waals surface area (Å²) in [6.45, 7) is 12.0. The van der Waals surface area contributed by atoms with Crippen molar-refractivity contribution in [3.8, 4) is 0 Å². The van der Waals surface area contributed by atoms with E-state index in [0.717, 1.165) is 5.57 Å². The Bertz CT molecular complexity index is 919. The summed E-state index contributed by atoms with van der Waals surface area (Å²) in [5, 5.41) is 41.9. The number of carbonyl (C=O) groups excluding carboxylic acids is 2. The molecule has 4 N–H and O–H groups in total. The molecule has 0 saturated carbocycles. The molecule has 2 aliphatic rings. The van der Waals surface area contributed by atoms with Crippen LogP contribution in [-0.4, -0.2) is 80.2 Å². The van der Waals surface area contributed by atoms with E-state index in [1.54, 1.807) is 26.0 Å². The summed E-state index contributed by atoms with van der Waals surface area (Å²) in [5.41, 5.74) is -1.92. The van der Waals surface area contributed by atoms with E-state index < -0.39 is 53.7 Å². The molecule has 2 aliphatic heterocycles. The smallest absolute Gasteiger partial charge is 0.309 e. The Balaban J connectivity index is 2.14. The number of carbonyl (C=O) groups is 2. The van der Waals surface area contributed by atoms with Gasteiger partial charge in [0.05, 0.1) is 24.7 Å². The zero-order chi connectivity index (χ0) is 29.5. The monoisotopic (exact) mass is 552 g/mol. The largest absolute Gasteiger partial charge is 0.457 e. The lowest BCUT2D eigenvalue weighted by molar-refractivity contribution is -0.157. The van der Waals surface area contributed by atoms with Gasteiger partial charge < -0.3 is 34.6 Å². The fourth-order valence-electron chi connectivity index (χ4n) is 5.01. The highest BCUT2D eigenvalue weighted by molar-refractivity contribution is 5.70. The Morgan fingerprint density at radius 3 is 2.62 bits per heavy atom. The number of epoxide rings is 1. The van der Waals surface area contributed by atoms with Gasteiger partial charge in [0, 0.05) is 12.8 Å². The molecular formula is C30H48O9. The Kier molecular flexibility index (Phi) is 11.9. The van der Waals surface area contributed by atoms with Gasteiger partial charge in [-0.2, -0.15) is 0 Å². The first-order valence-corrected chi connectivity index (χ1v) is 13.9. The molecule has 10 atom stereocenters. The van der Waals surface area contributed by atoms with Crippen molar-refractivity contribution in [3.05, 3.63) is 36.0 Å². The molecular weight excluding hydrogens is 504 g/mol. The van der Waals surface area contributed by atoms with Gasteiger partial charge in [0.1, 0.15) is 29.5 Å². The lowest BCUT2D eigenvalue weighted by Gasteiger charge is -2.32. The minimum absolute atomic E-state index is 0.128. The van der Waals surface area contributed by atoms with Crippen molar-refractivity contribution >= 4 is 11.9 Å². The maximum Gasteiger partial charge on any atom is 0.309 e. The van der Waals surface area contributed by atoms with Crippen LogP contribution in [0.15, 0.2) is 36.0 Å². The van der Waals surface area contributed by atoms with Gasteiger partial charge in [0.2, 0.25) is 0 Å². The van der Waals surface area contributed by atoms with Crippen molar-refractivity contribution in [3.63, 3.8) is 0 Å². The molecule has 9 heteroatoms. The molecule has 9 nitrogen and oxygen atoms in total. The van der Waals surface area contributed by atoms with Crippen molar-refractivity contribution in [1.29, 1.82) is 0 Å². The fraction of sp³-hybridized carbons (Fsp3) is 0.733. The summed E-state index contributed by atoms with van der Waals surface area (Å²) >= 11 is 0. The molecule has 0 radical (unpaired) electrons. The third-order valence-electron chi connectivity index (χ3n) is 7.69. The number of aliphatic hydroxyl groups excluding tert-OH is 2. The number of cyclic esters (lactones) is 1. The quantitative estimate of drug-likeness (QED) is 0.147. The first kappa shape index (κ1) is 33.2. The van der Waals surface area contributed by atoms with Crippen LogP contribution >= 0.6 is 0 Å². The number of allylic oxidation sites excluding steroid dienone is 3. The van der Waals surface area contributed by atoms with Crippen LogP contribution in [0.5, 0.6) is 0 Å². The standard InChI is InChI=1S/C30H48O9/c1-8-24(33)30(7,36)28-23(38-28)16-18(2)10-9-11-19(3)27-20(4)12-13-25(37-21(5)31)29(6,35)15-14-22(32)17-26(34)39-27/h9-13,18,20,22-25,27-28,32-33,35-36H,8,14-17H2,1-7H3/b10-9+,13-12-,19-11+. The van der Waals surface area contributed by atoms with E-state index in [1.165, 1.54) is 6.92 Å².